The van der Waals surface area contributed by atoms with Crippen LogP contribution in [-0.4, -0.2) is 17.9 Å². The SMILES string of the molecule is CNC(=O)c1c[nH]c(C)c(-c2cccc(C(F)(F)F)c2)c1=O. The highest BCUT2D eigenvalue weighted by Gasteiger charge is 2.30. The molecule has 2 aromatic rings. The minimum atomic E-state index is -4.50. The third-order valence-corrected chi connectivity index (χ3v) is 3.23. The van der Waals surface area contributed by atoms with Crippen LogP contribution in [0.3, 0.4) is 0 Å². The lowest BCUT2D eigenvalue weighted by atomic mass is 9.99. The zero-order valence-electron chi connectivity index (χ0n) is 11.8. The van der Waals surface area contributed by atoms with Gasteiger partial charge in [0.1, 0.15) is 5.56 Å². The maximum absolute atomic E-state index is 12.8. The summed E-state index contributed by atoms with van der Waals surface area (Å²) in [6.07, 6.45) is -3.26. The highest BCUT2D eigenvalue weighted by Crippen LogP contribution is 2.32. The van der Waals surface area contributed by atoms with Crippen molar-refractivity contribution in [3.63, 3.8) is 0 Å². The highest BCUT2D eigenvalue weighted by molar-refractivity contribution is 5.95. The average Bonchev–Trinajstić information content (AvgIpc) is 2.46. The molecule has 0 spiro atoms. The summed E-state index contributed by atoms with van der Waals surface area (Å²) in [5.74, 6) is -0.602. The van der Waals surface area contributed by atoms with Gasteiger partial charge in [-0.05, 0) is 24.6 Å². The molecule has 0 aliphatic rings. The van der Waals surface area contributed by atoms with Gasteiger partial charge in [0.15, 0.2) is 0 Å². The first-order valence-electron chi connectivity index (χ1n) is 6.37. The lowest BCUT2D eigenvalue weighted by Crippen LogP contribution is -2.27. The molecule has 1 heterocycles. The van der Waals surface area contributed by atoms with E-state index in [4.69, 9.17) is 0 Å². The van der Waals surface area contributed by atoms with Gasteiger partial charge in [-0.3, -0.25) is 9.59 Å². The van der Waals surface area contributed by atoms with E-state index in [0.717, 1.165) is 12.1 Å². The third-order valence-electron chi connectivity index (χ3n) is 3.23. The maximum Gasteiger partial charge on any atom is 0.416 e. The first-order chi connectivity index (χ1) is 10.3. The van der Waals surface area contributed by atoms with E-state index in [2.05, 4.69) is 10.3 Å². The van der Waals surface area contributed by atoms with E-state index in [1.807, 2.05) is 0 Å². The van der Waals surface area contributed by atoms with Crippen LogP contribution in [0.5, 0.6) is 0 Å². The van der Waals surface area contributed by atoms with Crippen molar-refractivity contribution < 1.29 is 18.0 Å². The number of aryl methyl sites for hydroxylation is 1. The topological polar surface area (TPSA) is 62.0 Å². The molecule has 0 bridgehead atoms. The van der Waals surface area contributed by atoms with Crippen molar-refractivity contribution in [2.45, 2.75) is 13.1 Å². The minimum Gasteiger partial charge on any atom is -0.364 e. The summed E-state index contributed by atoms with van der Waals surface area (Å²) in [7, 11) is 1.37. The number of H-pyrrole nitrogens is 1. The lowest BCUT2D eigenvalue weighted by molar-refractivity contribution is -0.137. The van der Waals surface area contributed by atoms with Crippen LogP contribution in [0.25, 0.3) is 11.1 Å². The molecule has 0 radical (unpaired) electrons. The lowest BCUT2D eigenvalue weighted by Gasteiger charge is -2.11. The predicted octanol–water partition coefficient (Wildman–Crippen LogP) is 2.73. The van der Waals surface area contributed by atoms with Crippen LogP contribution in [0.1, 0.15) is 21.6 Å². The summed E-state index contributed by atoms with van der Waals surface area (Å²) in [6.45, 7) is 1.56. The Morgan fingerprint density at radius 3 is 2.55 bits per heavy atom. The van der Waals surface area contributed by atoms with Gasteiger partial charge in [-0.2, -0.15) is 13.2 Å². The van der Waals surface area contributed by atoms with Crippen molar-refractivity contribution >= 4 is 5.91 Å². The second-order valence-corrected chi connectivity index (χ2v) is 4.69. The minimum absolute atomic E-state index is 0.0483. The molecule has 1 amide bonds. The normalized spacial score (nSPS) is 11.3. The Labute approximate surface area is 124 Å². The van der Waals surface area contributed by atoms with Gasteiger partial charge >= 0.3 is 6.18 Å². The van der Waals surface area contributed by atoms with Gasteiger partial charge in [0, 0.05) is 24.5 Å². The Hall–Kier alpha value is -2.57. The number of rotatable bonds is 2. The Morgan fingerprint density at radius 2 is 1.95 bits per heavy atom. The van der Waals surface area contributed by atoms with E-state index in [1.54, 1.807) is 6.92 Å². The Morgan fingerprint density at radius 1 is 1.27 bits per heavy atom. The Bertz CT molecular complexity index is 779. The van der Waals surface area contributed by atoms with Crippen molar-refractivity contribution in [1.82, 2.24) is 10.3 Å². The molecule has 22 heavy (non-hydrogen) atoms. The number of halogens is 3. The molecule has 2 N–H and O–H groups in total. The predicted molar refractivity (Wildman–Crippen MR) is 75.6 cm³/mol. The van der Waals surface area contributed by atoms with E-state index in [1.165, 1.54) is 25.4 Å². The van der Waals surface area contributed by atoms with E-state index >= 15 is 0 Å². The smallest absolute Gasteiger partial charge is 0.364 e. The number of carbonyl (C=O) groups is 1. The second kappa shape index (κ2) is 5.67. The number of aromatic amines is 1. The summed E-state index contributed by atoms with van der Waals surface area (Å²) < 4.78 is 38.4. The van der Waals surface area contributed by atoms with E-state index < -0.39 is 23.1 Å². The molecular formula is C15H13F3N2O2. The fourth-order valence-corrected chi connectivity index (χ4v) is 2.13. The van der Waals surface area contributed by atoms with Gasteiger partial charge in [0.25, 0.3) is 5.91 Å². The van der Waals surface area contributed by atoms with Crippen LogP contribution in [0, 0.1) is 6.92 Å². The van der Waals surface area contributed by atoms with Crippen LogP contribution < -0.4 is 10.7 Å². The average molecular weight is 310 g/mol. The number of hydrogen-bond acceptors (Lipinski definition) is 2. The number of amides is 1. The fourth-order valence-electron chi connectivity index (χ4n) is 2.13. The summed E-state index contributed by atoms with van der Waals surface area (Å²) in [5.41, 5.74) is -1.08. The molecule has 1 aromatic carbocycles. The van der Waals surface area contributed by atoms with Gasteiger partial charge in [-0.15, -0.1) is 0 Å². The van der Waals surface area contributed by atoms with Crippen LogP contribution in [0.4, 0.5) is 13.2 Å². The number of aromatic nitrogens is 1. The van der Waals surface area contributed by atoms with Crippen molar-refractivity contribution in [2.24, 2.45) is 0 Å². The molecule has 0 unspecified atom stereocenters. The van der Waals surface area contributed by atoms with E-state index in [0.29, 0.717) is 5.69 Å². The number of carbonyl (C=O) groups excluding carboxylic acids is 1. The van der Waals surface area contributed by atoms with Crippen molar-refractivity contribution in [2.75, 3.05) is 7.05 Å². The molecule has 0 saturated heterocycles. The van der Waals surface area contributed by atoms with Crippen molar-refractivity contribution in [3.8, 4) is 11.1 Å². The molecule has 1 aromatic heterocycles. The van der Waals surface area contributed by atoms with Crippen LogP contribution in [-0.2, 0) is 6.18 Å². The zero-order valence-corrected chi connectivity index (χ0v) is 11.8. The van der Waals surface area contributed by atoms with E-state index in [-0.39, 0.29) is 16.7 Å². The van der Waals surface area contributed by atoms with Gasteiger partial charge in [0.2, 0.25) is 5.43 Å². The third kappa shape index (κ3) is 2.88. The number of pyridine rings is 1. The second-order valence-electron chi connectivity index (χ2n) is 4.69. The van der Waals surface area contributed by atoms with Crippen LogP contribution >= 0.6 is 0 Å². The summed E-state index contributed by atoms with van der Waals surface area (Å²) >= 11 is 0. The number of alkyl halides is 3. The molecule has 2 rings (SSSR count). The highest BCUT2D eigenvalue weighted by atomic mass is 19.4. The number of benzene rings is 1. The summed E-state index contributed by atoms with van der Waals surface area (Å²) in [6, 6.07) is 4.45. The molecule has 0 aliphatic heterocycles. The van der Waals surface area contributed by atoms with Gasteiger partial charge in [0.05, 0.1) is 5.56 Å². The van der Waals surface area contributed by atoms with Crippen LogP contribution in [0.15, 0.2) is 35.3 Å². The Kier molecular flexibility index (Phi) is 4.07. The fraction of sp³-hybridized carbons (Fsp3) is 0.200. The van der Waals surface area contributed by atoms with Crippen molar-refractivity contribution in [1.29, 1.82) is 0 Å². The maximum atomic E-state index is 12.8. The molecule has 0 atom stereocenters. The molecule has 116 valence electrons. The molecule has 0 fully saturated rings. The molecule has 0 aliphatic carbocycles. The van der Waals surface area contributed by atoms with Crippen molar-refractivity contribution in [3.05, 3.63) is 57.5 Å². The first-order valence-corrected chi connectivity index (χ1v) is 6.37. The summed E-state index contributed by atoms with van der Waals surface area (Å²) in [5, 5.41) is 2.32. The van der Waals surface area contributed by atoms with Gasteiger partial charge < -0.3 is 10.3 Å². The Balaban J connectivity index is 2.68. The number of nitrogens with one attached hydrogen (secondary N) is 2. The largest absolute Gasteiger partial charge is 0.416 e. The quantitative estimate of drug-likeness (QED) is 0.896. The van der Waals surface area contributed by atoms with Gasteiger partial charge in [-0.25, -0.2) is 0 Å². The summed E-state index contributed by atoms with van der Waals surface area (Å²) in [4.78, 5) is 26.8. The van der Waals surface area contributed by atoms with Gasteiger partial charge in [-0.1, -0.05) is 12.1 Å². The first kappa shape index (κ1) is 15.8. The molecular weight excluding hydrogens is 297 g/mol. The molecule has 4 nitrogen and oxygen atoms in total. The molecule has 0 saturated carbocycles. The molecule has 7 heteroatoms. The zero-order chi connectivity index (χ0) is 16.5. The standard InChI is InChI=1S/C15H13F3N2O2/c1-8-12(13(21)11(7-20-8)14(22)19-2)9-4-3-5-10(6-9)15(16,17)18/h3-7H,1-2H3,(H,19,22)(H,20,21). The van der Waals surface area contributed by atoms with Crippen LogP contribution in [0.2, 0.25) is 0 Å². The number of hydrogen-bond donors (Lipinski definition) is 2. The monoisotopic (exact) mass is 310 g/mol. The van der Waals surface area contributed by atoms with E-state index in [9.17, 15) is 22.8 Å².